The fraction of sp³-hybridized carbons (Fsp3) is 0.636. The van der Waals surface area contributed by atoms with Crippen molar-refractivity contribution in [3.63, 3.8) is 0 Å². The van der Waals surface area contributed by atoms with Gasteiger partial charge >= 0.3 is 0 Å². The van der Waals surface area contributed by atoms with E-state index in [1.54, 1.807) is 19.0 Å². The van der Waals surface area contributed by atoms with Crippen LogP contribution >= 0.6 is 11.3 Å². The summed E-state index contributed by atoms with van der Waals surface area (Å²) in [6.07, 6.45) is 0. The van der Waals surface area contributed by atoms with Crippen LogP contribution in [0, 0.1) is 6.92 Å². The number of thiazole rings is 1. The molecule has 15 heavy (non-hydrogen) atoms. The van der Waals surface area contributed by atoms with E-state index in [1.807, 2.05) is 6.92 Å². The Bertz CT molecular complexity index is 374. The Morgan fingerprint density at radius 3 is 2.20 bits per heavy atom. The quantitative estimate of drug-likeness (QED) is 0.737. The Labute approximate surface area is 95.1 Å². The predicted molar refractivity (Wildman–Crippen MR) is 63.6 cm³/mol. The summed E-state index contributed by atoms with van der Waals surface area (Å²) in [5.74, 6) is 0.0421. The number of carbonyl (C=O) groups excluding carboxylic acids is 1. The number of aryl methyl sites for hydroxylation is 1. The van der Waals surface area contributed by atoms with Crippen LogP contribution in [0.2, 0.25) is 0 Å². The number of carbonyl (C=O) groups is 1. The molecule has 0 aliphatic heterocycles. The number of amides is 1. The highest BCUT2D eigenvalue weighted by molar-refractivity contribution is 7.14. The van der Waals surface area contributed by atoms with Crippen molar-refractivity contribution in [2.45, 2.75) is 33.1 Å². The Balaban J connectivity index is 3.13. The maximum absolute atomic E-state index is 11.8. The van der Waals surface area contributed by atoms with Gasteiger partial charge in [0.15, 0.2) is 0 Å². The average Bonchev–Trinajstić information content (AvgIpc) is 2.45. The summed E-state index contributed by atoms with van der Waals surface area (Å²) < 4.78 is 0. The number of hydrogen-bond donors (Lipinski definition) is 0. The molecule has 0 N–H and O–H groups in total. The second-order valence-corrected chi connectivity index (χ2v) is 5.88. The van der Waals surface area contributed by atoms with Crippen LogP contribution in [0.4, 0.5) is 0 Å². The largest absolute Gasteiger partial charge is 0.344 e. The van der Waals surface area contributed by atoms with Crippen LogP contribution in [0.15, 0.2) is 0 Å². The summed E-state index contributed by atoms with van der Waals surface area (Å²) in [5.41, 5.74) is 0.851. The highest BCUT2D eigenvalue weighted by Gasteiger charge is 2.23. The molecule has 0 saturated carbocycles. The number of hydrogen-bond acceptors (Lipinski definition) is 3. The predicted octanol–water partition coefficient (Wildman–Crippen LogP) is 2.45. The van der Waals surface area contributed by atoms with E-state index in [2.05, 4.69) is 25.8 Å². The van der Waals surface area contributed by atoms with Gasteiger partial charge in [0.05, 0.1) is 10.7 Å². The molecule has 0 atom stereocenters. The second kappa shape index (κ2) is 3.93. The Kier molecular flexibility index (Phi) is 3.19. The normalized spacial score (nSPS) is 11.6. The van der Waals surface area contributed by atoms with Crippen molar-refractivity contribution in [1.29, 1.82) is 0 Å². The Morgan fingerprint density at radius 2 is 1.87 bits per heavy atom. The van der Waals surface area contributed by atoms with Crippen molar-refractivity contribution >= 4 is 17.2 Å². The van der Waals surface area contributed by atoms with Gasteiger partial charge < -0.3 is 4.90 Å². The molecule has 3 nitrogen and oxygen atoms in total. The first kappa shape index (κ1) is 12.2. The van der Waals surface area contributed by atoms with Crippen LogP contribution in [-0.4, -0.2) is 29.9 Å². The first-order valence-corrected chi connectivity index (χ1v) is 5.74. The van der Waals surface area contributed by atoms with Crippen LogP contribution in [0.25, 0.3) is 0 Å². The third-order valence-electron chi connectivity index (χ3n) is 2.04. The molecule has 0 aliphatic carbocycles. The van der Waals surface area contributed by atoms with E-state index in [9.17, 15) is 4.79 Å². The average molecular weight is 226 g/mol. The highest BCUT2D eigenvalue weighted by Crippen LogP contribution is 2.29. The molecule has 0 aliphatic rings. The number of rotatable bonds is 1. The molecule has 1 amide bonds. The Hall–Kier alpha value is -0.900. The van der Waals surface area contributed by atoms with Gasteiger partial charge in [-0.3, -0.25) is 4.79 Å². The smallest absolute Gasteiger partial charge is 0.265 e. The van der Waals surface area contributed by atoms with Crippen molar-refractivity contribution in [3.05, 3.63) is 15.6 Å². The van der Waals surface area contributed by atoms with E-state index < -0.39 is 0 Å². The summed E-state index contributed by atoms with van der Waals surface area (Å²) in [6.45, 7) is 8.21. The summed E-state index contributed by atoms with van der Waals surface area (Å²) in [7, 11) is 3.52. The van der Waals surface area contributed by atoms with Crippen molar-refractivity contribution in [2.24, 2.45) is 0 Å². The third-order valence-corrected chi connectivity index (χ3v) is 3.61. The van der Waals surface area contributed by atoms with Crippen molar-refractivity contribution in [1.82, 2.24) is 9.88 Å². The van der Waals surface area contributed by atoms with Gasteiger partial charge in [0, 0.05) is 19.5 Å². The van der Waals surface area contributed by atoms with Gasteiger partial charge in [0.25, 0.3) is 5.91 Å². The SMILES string of the molecule is Cc1nc(C(C)(C)C)sc1C(=O)N(C)C. The van der Waals surface area contributed by atoms with Crippen LogP contribution in [0.1, 0.15) is 41.1 Å². The minimum atomic E-state index is 0.0142. The highest BCUT2D eigenvalue weighted by atomic mass is 32.1. The van der Waals surface area contributed by atoms with E-state index >= 15 is 0 Å². The van der Waals surface area contributed by atoms with E-state index in [1.165, 1.54) is 11.3 Å². The van der Waals surface area contributed by atoms with Crippen molar-refractivity contribution in [3.8, 4) is 0 Å². The molecule has 0 aromatic carbocycles. The zero-order chi connectivity index (χ0) is 11.8. The molecule has 0 bridgehead atoms. The molecule has 0 spiro atoms. The van der Waals surface area contributed by atoms with Crippen LogP contribution in [0.5, 0.6) is 0 Å². The lowest BCUT2D eigenvalue weighted by molar-refractivity contribution is 0.0831. The molecular formula is C11H18N2OS. The molecule has 0 radical (unpaired) electrons. The molecular weight excluding hydrogens is 208 g/mol. The number of aromatic nitrogens is 1. The lowest BCUT2D eigenvalue weighted by Gasteiger charge is -2.13. The molecule has 1 aromatic heterocycles. The Morgan fingerprint density at radius 1 is 1.33 bits per heavy atom. The second-order valence-electron chi connectivity index (χ2n) is 4.88. The van der Waals surface area contributed by atoms with E-state index in [0.717, 1.165) is 15.6 Å². The van der Waals surface area contributed by atoms with E-state index in [0.29, 0.717) is 0 Å². The number of nitrogens with zero attached hydrogens (tertiary/aromatic N) is 2. The third kappa shape index (κ3) is 2.56. The molecule has 4 heteroatoms. The standard InChI is InChI=1S/C11H18N2OS/c1-7-8(9(14)13(5)6)15-10(12-7)11(2,3)4/h1-6H3. The molecule has 0 saturated heterocycles. The van der Waals surface area contributed by atoms with Gasteiger partial charge in [-0.15, -0.1) is 11.3 Å². The first-order valence-electron chi connectivity index (χ1n) is 4.93. The van der Waals surface area contributed by atoms with Crippen LogP contribution < -0.4 is 0 Å². The zero-order valence-corrected chi connectivity index (χ0v) is 11.0. The van der Waals surface area contributed by atoms with E-state index in [-0.39, 0.29) is 11.3 Å². The summed E-state index contributed by atoms with van der Waals surface area (Å²) in [6, 6.07) is 0. The van der Waals surface area contributed by atoms with Gasteiger partial charge in [-0.2, -0.15) is 0 Å². The molecule has 0 unspecified atom stereocenters. The van der Waals surface area contributed by atoms with Crippen LogP contribution in [-0.2, 0) is 5.41 Å². The maximum atomic E-state index is 11.8. The summed E-state index contributed by atoms with van der Waals surface area (Å²) >= 11 is 1.50. The fourth-order valence-electron chi connectivity index (χ4n) is 1.12. The lowest BCUT2D eigenvalue weighted by Crippen LogP contribution is -2.21. The summed E-state index contributed by atoms with van der Waals surface area (Å²) in [5, 5.41) is 1.02. The van der Waals surface area contributed by atoms with Crippen LogP contribution in [0.3, 0.4) is 0 Å². The molecule has 84 valence electrons. The lowest BCUT2D eigenvalue weighted by atomic mass is 9.98. The van der Waals surface area contributed by atoms with Gasteiger partial charge in [0.1, 0.15) is 4.88 Å². The fourth-order valence-corrected chi connectivity index (χ4v) is 2.26. The van der Waals surface area contributed by atoms with E-state index in [4.69, 9.17) is 0 Å². The van der Waals surface area contributed by atoms with Gasteiger partial charge in [-0.05, 0) is 6.92 Å². The van der Waals surface area contributed by atoms with Gasteiger partial charge in [0.2, 0.25) is 0 Å². The zero-order valence-electron chi connectivity index (χ0n) is 10.2. The molecule has 0 fully saturated rings. The first-order chi connectivity index (χ1) is 6.73. The molecule has 1 aromatic rings. The molecule has 1 heterocycles. The van der Waals surface area contributed by atoms with Crippen molar-refractivity contribution in [2.75, 3.05) is 14.1 Å². The monoisotopic (exact) mass is 226 g/mol. The van der Waals surface area contributed by atoms with Gasteiger partial charge in [-0.25, -0.2) is 4.98 Å². The minimum Gasteiger partial charge on any atom is -0.344 e. The maximum Gasteiger partial charge on any atom is 0.265 e. The topological polar surface area (TPSA) is 33.2 Å². The van der Waals surface area contributed by atoms with Crippen molar-refractivity contribution < 1.29 is 4.79 Å². The summed E-state index contributed by atoms with van der Waals surface area (Å²) in [4.78, 5) is 18.6. The minimum absolute atomic E-state index is 0.0142. The van der Waals surface area contributed by atoms with Gasteiger partial charge in [-0.1, -0.05) is 20.8 Å². The molecule has 1 rings (SSSR count).